The number of anilines is 3. The maximum absolute atomic E-state index is 11.0. The van der Waals surface area contributed by atoms with Gasteiger partial charge in [-0.15, -0.1) is 0 Å². The van der Waals surface area contributed by atoms with Gasteiger partial charge in [0.05, 0.1) is 15.5 Å². The van der Waals surface area contributed by atoms with Crippen LogP contribution in [0.1, 0.15) is 0 Å². The van der Waals surface area contributed by atoms with Gasteiger partial charge in [-0.25, -0.2) is 0 Å². The number of nitrogens with zero attached hydrogens (tertiary/aromatic N) is 3. The molecule has 142 valence electrons. The maximum Gasteiger partial charge on any atom is 0.269 e. The Kier molecular flexibility index (Phi) is 4.62. The van der Waals surface area contributed by atoms with Crippen molar-refractivity contribution in [1.29, 1.82) is 0 Å². The molecule has 0 amide bonds. The van der Waals surface area contributed by atoms with Crippen molar-refractivity contribution in [2.45, 2.75) is 0 Å². The summed E-state index contributed by atoms with van der Waals surface area (Å²) in [4.78, 5) is 23.1. The zero-order chi connectivity index (χ0) is 20.4. The van der Waals surface area contributed by atoms with Crippen LogP contribution in [0.5, 0.6) is 0 Å². The van der Waals surface area contributed by atoms with Gasteiger partial charge in [0.1, 0.15) is 0 Å². The van der Waals surface area contributed by atoms with E-state index in [1.807, 2.05) is 47.4 Å². The SMILES string of the molecule is O=[N+]([O-])c1ccc(N(c2ccc([N+](=O)[O-])cc2)c2cccc3ccccc23)cc1. The van der Waals surface area contributed by atoms with E-state index in [4.69, 9.17) is 0 Å². The van der Waals surface area contributed by atoms with Crippen LogP contribution in [0.15, 0.2) is 91.0 Å². The lowest BCUT2D eigenvalue weighted by atomic mass is 10.1. The van der Waals surface area contributed by atoms with Gasteiger partial charge in [-0.1, -0.05) is 36.4 Å². The van der Waals surface area contributed by atoms with Crippen molar-refractivity contribution in [3.8, 4) is 0 Å². The second-order valence-electron chi connectivity index (χ2n) is 6.38. The van der Waals surface area contributed by atoms with Gasteiger partial charge in [0.2, 0.25) is 0 Å². The van der Waals surface area contributed by atoms with E-state index in [9.17, 15) is 20.2 Å². The molecule has 4 rings (SSSR count). The lowest BCUT2D eigenvalue weighted by Crippen LogP contribution is -2.10. The van der Waals surface area contributed by atoms with Gasteiger partial charge in [-0.2, -0.15) is 0 Å². The van der Waals surface area contributed by atoms with Gasteiger partial charge < -0.3 is 4.90 Å². The van der Waals surface area contributed by atoms with E-state index in [1.54, 1.807) is 24.3 Å². The Labute approximate surface area is 165 Å². The first kappa shape index (κ1) is 18.1. The van der Waals surface area contributed by atoms with Gasteiger partial charge in [-0.05, 0) is 35.7 Å². The van der Waals surface area contributed by atoms with Crippen LogP contribution in [0, 0.1) is 20.2 Å². The predicted molar refractivity (Wildman–Crippen MR) is 112 cm³/mol. The van der Waals surface area contributed by atoms with Crippen molar-refractivity contribution >= 4 is 39.2 Å². The zero-order valence-corrected chi connectivity index (χ0v) is 15.1. The largest absolute Gasteiger partial charge is 0.310 e. The Bertz CT molecular complexity index is 1140. The van der Waals surface area contributed by atoms with Crippen molar-refractivity contribution in [2.24, 2.45) is 0 Å². The number of nitro benzene ring substituents is 2. The third-order valence-electron chi connectivity index (χ3n) is 4.64. The van der Waals surface area contributed by atoms with Crippen LogP contribution in [0.25, 0.3) is 10.8 Å². The first-order valence-corrected chi connectivity index (χ1v) is 8.81. The smallest absolute Gasteiger partial charge is 0.269 e. The predicted octanol–water partition coefficient (Wildman–Crippen LogP) is 6.13. The van der Waals surface area contributed by atoms with E-state index < -0.39 is 9.85 Å². The number of nitro groups is 2. The average molecular weight is 385 g/mol. The fourth-order valence-electron chi connectivity index (χ4n) is 3.28. The third-order valence-corrected chi connectivity index (χ3v) is 4.64. The highest BCUT2D eigenvalue weighted by atomic mass is 16.6. The number of hydrogen-bond donors (Lipinski definition) is 0. The van der Waals surface area contributed by atoms with E-state index in [0.717, 1.165) is 16.5 Å². The highest BCUT2D eigenvalue weighted by Crippen LogP contribution is 2.39. The standard InChI is InChI=1S/C22H15N3O4/c26-24(27)19-12-8-17(9-13-19)23(18-10-14-20(15-11-18)25(28)29)22-7-3-5-16-4-1-2-6-21(16)22/h1-15H. The summed E-state index contributed by atoms with van der Waals surface area (Å²) in [5.74, 6) is 0. The Hall–Kier alpha value is -4.26. The molecular formula is C22H15N3O4. The molecule has 0 saturated carbocycles. The molecule has 7 heteroatoms. The number of non-ortho nitro benzene ring substituents is 2. The average Bonchev–Trinajstić information content (AvgIpc) is 2.75. The van der Waals surface area contributed by atoms with Crippen LogP contribution in [0.2, 0.25) is 0 Å². The second-order valence-corrected chi connectivity index (χ2v) is 6.38. The van der Waals surface area contributed by atoms with Gasteiger partial charge in [0, 0.05) is 41.0 Å². The van der Waals surface area contributed by atoms with E-state index >= 15 is 0 Å². The van der Waals surface area contributed by atoms with E-state index in [-0.39, 0.29) is 11.4 Å². The van der Waals surface area contributed by atoms with Crippen LogP contribution in [-0.4, -0.2) is 9.85 Å². The summed E-state index contributed by atoms with van der Waals surface area (Å²) >= 11 is 0. The molecular weight excluding hydrogens is 370 g/mol. The lowest BCUT2D eigenvalue weighted by molar-refractivity contribution is -0.385. The fraction of sp³-hybridized carbons (Fsp3) is 0. The van der Waals surface area contributed by atoms with Crippen molar-refractivity contribution in [3.05, 3.63) is 111 Å². The summed E-state index contributed by atoms with van der Waals surface area (Å²) in [5, 5.41) is 24.1. The summed E-state index contributed by atoms with van der Waals surface area (Å²) in [6.07, 6.45) is 0. The maximum atomic E-state index is 11.0. The minimum Gasteiger partial charge on any atom is -0.310 e. The van der Waals surface area contributed by atoms with Crippen LogP contribution in [0.3, 0.4) is 0 Å². The zero-order valence-electron chi connectivity index (χ0n) is 15.1. The molecule has 29 heavy (non-hydrogen) atoms. The summed E-state index contributed by atoms with van der Waals surface area (Å²) in [6, 6.07) is 26.2. The number of rotatable bonds is 5. The van der Waals surface area contributed by atoms with Gasteiger partial charge in [0.25, 0.3) is 11.4 Å². The molecule has 0 bridgehead atoms. The quantitative estimate of drug-likeness (QED) is 0.305. The summed E-state index contributed by atoms with van der Waals surface area (Å²) in [6.45, 7) is 0. The minimum absolute atomic E-state index is 0.00433. The molecule has 0 spiro atoms. The van der Waals surface area contributed by atoms with E-state index in [0.29, 0.717) is 11.4 Å². The normalized spacial score (nSPS) is 10.6. The summed E-state index contributed by atoms with van der Waals surface area (Å²) in [7, 11) is 0. The molecule has 0 radical (unpaired) electrons. The third kappa shape index (κ3) is 3.49. The second kappa shape index (κ2) is 7.40. The van der Waals surface area contributed by atoms with Crippen molar-refractivity contribution in [2.75, 3.05) is 4.90 Å². The van der Waals surface area contributed by atoms with Gasteiger partial charge >= 0.3 is 0 Å². The molecule has 0 N–H and O–H groups in total. The van der Waals surface area contributed by atoms with Crippen molar-refractivity contribution < 1.29 is 9.85 Å². The molecule has 0 fully saturated rings. The van der Waals surface area contributed by atoms with E-state index in [2.05, 4.69) is 0 Å². The molecule has 0 aliphatic heterocycles. The molecule has 4 aromatic carbocycles. The first-order valence-electron chi connectivity index (χ1n) is 8.81. The van der Waals surface area contributed by atoms with Crippen LogP contribution in [0.4, 0.5) is 28.4 Å². The monoisotopic (exact) mass is 385 g/mol. The van der Waals surface area contributed by atoms with Gasteiger partial charge in [-0.3, -0.25) is 20.2 Å². The molecule has 0 aliphatic rings. The Morgan fingerprint density at radius 1 is 0.586 bits per heavy atom. The van der Waals surface area contributed by atoms with Crippen molar-refractivity contribution in [1.82, 2.24) is 0 Å². The topological polar surface area (TPSA) is 89.5 Å². The van der Waals surface area contributed by atoms with Gasteiger partial charge in [0.15, 0.2) is 0 Å². The molecule has 0 aliphatic carbocycles. The molecule has 7 nitrogen and oxygen atoms in total. The van der Waals surface area contributed by atoms with Crippen LogP contribution < -0.4 is 4.90 Å². The summed E-state index contributed by atoms with van der Waals surface area (Å²) < 4.78 is 0. The molecule has 0 atom stereocenters. The molecule has 0 saturated heterocycles. The fourth-order valence-corrected chi connectivity index (χ4v) is 3.28. The lowest BCUT2D eigenvalue weighted by Gasteiger charge is -2.26. The minimum atomic E-state index is -0.447. The Morgan fingerprint density at radius 3 is 1.59 bits per heavy atom. The molecule has 0 aromatic heterocycles. The molecule has 4 aromatic rings. The molecule has 0 heterocycles. The van der Waals surface area contributed by atoms with E-state index in [1.165, 1.54) is 24.3 Å². The molecule has 0 unspecified atom stereocenters. The highest BCUT2D eigenvalue weighted by molar-refractivity contribution is 5.98. The van der Waals surface area contributed by atoms with Crippen LogP contribution in [-0.2, 0) is 0 Å². The Balaban J connectivity index is 1.91. The first-order chi connectivity index (χ1) is 14.0. The van der Waals surface area contributed by atoms with Crippen LogP contribution >= 0.6 is 0 Å². The number of benzene rings is 4. The summed E-state index contributed by atoms with van der Waals surface area (Å²) in [5.41, 5.74) is 2.28. The number of fused-ring (bicyclic) bond motifs is 1. The highest BCUT2D eigenvalue weighted by Gasteiger charge is 2.17. The van der Waals surface area contributed by atoms with Crippen molar-refractivity contribution in [3.63, 3.8) is 0 Å². The number of hydrogen-bond acceptors (Lipinski definition) is 5. The Morgan fingerprint density at radius 2 is 1.07 bits per heavy atom.